The summed E-state index contributed by atoms with van der Waals surface area (Å²) in [5.74, 6) is -11.3. The van der Waals surface area contributed by atoms with E-state index in [9.17, 15) is 52.8 Å². The number of carboxylic acids is 1. The van der Waals surface area contributed by atoms with Crippen molar-refractivity contribution in [3.8, 4) is 34.7 Å². The number of alkyl halides is 2. The number of nitriles is 2. The van der Waals surface area contributed by atoms with Gasteiger partial charge < -0.3 is 58.2 Å². The molecular weight excluding hydrogens is 2290 g/mol. The molecule has 0 saturated heterocycles. The number of aliphatic carboxylic acids is 1. The minimum absolute atomic E-state index is 0. The quantitative estimate of drug-likeness (QED) is 0.00335. The zero-order chi connectivity index (χ0) is 134. The summed E-state index contributed by atoms with van der Waals surface area (Å²) in [6.45, 7) is 36.6. The van der Waals surface area contributed by atoms with Crippen molar-refractivity contribution in [1.29, 1.82) is 11.9 Å². The number of H-pyrrole nitrogens is 1. The summed E-state index contributed by atoms with van der Waals surface area (Å²) in [6, 6.07) is 6.36. The van der Waals surface area contributed by atoms with E-state index in [4.69, 9.17) is 90.7 Å². The summed E-state index contributed by atoms with van der Waals surface area (Å²) in [7, 11) is 9.24. The number of aromatic nitrogens is 10. The average Bonchev–Trinajstić information content (AvgIpc) is 1.54. The molecule has 37 nitrogen and oxygen atoms in total. The van der Waals surface area contributed by atoms with Gasteiger partial charge in [-0.15, -0.1) is 12.2 Å². The Kier molecular flexibility index (Phi) is 65.5. The normalized spacial score (nSPS) is 21.5. The first kappa shape index (κ1) is 103. The van der Waals surface area contributed by atoms with Crippen LogP contribution >= 0.6 is 40.5 Å². The maximum Gasteiger partial charge on any atom is 1.00 e. The summed E-state index contributed by atoms with van der Waals surface area (Å²) in [5.41, 5.74) is 2.17. The molecule has 6 aromatic rings. The fourth-order valence-electron chi connectivity index (χ4n) is 10.9. The molecule has 6 aromatic heterocycles. The molecule has 1 atom stereocenters. The molecule has 146 heavy (non-hydrogen) atoms. The topological polar surface area (TPSA) is 495 Å². The van der Waals surface area contributed by atoms with E-state index in [1.807, 2.05) is 52.9 Å². The summed E-state index contributed by atoms with van der Waals surface area (Å²) < 4.78 is 265. The Hall–Kier alpha value is -5.97. The van der Waals surface area contributed by atoms with Gasteiger partial charge in [0.2, 0.25) is 12.5 Å². The fourth-order valence-corrected chi connectivity index (χ4v) is 11.4. The number of Topliss-reactive ketones (excluding diaryl/α,β-unsaturated/α-hetero) is 1. The van der Waals surface area contributed by atoms with E-state index in [2.05, 4.69) is 105 Å². The molecule has 808 valence electrons. The third kappa shape index (κ3) is 68.1. The van der Waals surface area contributed by atoms with Crippen LogP contribution in [0.4, 0.5) is 0 Å². The summed E-state index contributed by atoms with van der Waals surface area (Å²) >= 11 is 5.55. The van der Waals surface area contributed by atoms with Gasteiger partial charge in [-0.1, -0.05) is 150 Å². The molecule has 12 rings (SSSR count). The van der Waals surface area contributed by atoms with Crippen molar-refractivity contribution in [2.24, 2.45) is 45.8 Å². The van der Waals surface area contributed by atoms with Crippen LogP contribution in [-0.4, -0.2) is 220 Å². The first-order valence-corrected chi connectivity index (χ1v) is 47.3. The van der Waals surface area contributed by atoms with Crippen LogP contribution in [0.25, 0.3) is 49.4 Å². The zero-order valence-electron chi connectivity index (χ0n) is 116. The number of aromatic amines is 1. The van der Waals surface area contributed by atoms with Crippen molar-refractivity contribution in [2.45, 2.75) is 316 Å². The number of nitrogens with one attached hydrogen (secondary N) is 2. The number of esters is 5. The van der Waals surface area contributed by atoms with Crippen LogP contribution in [0.5, 0.6) is 0 Å². The number of hydrogen-bond donors (Lipinski definition) is 3. The van der Waals surface area contributed by atoms with Gasteiger partial charge in [-0.25, -0.2) is 41.6 Å². The Morgan fingerprint density at radius 1 is 0.712 bits per heavy atom. The number of ketones is 1. The zero-order valence-corrected chi connectivity index (χ0v) is 101. The Morgan fingerprint density at radius 3 is 1.47 bits per heavy atom. The van der Waals surface area contributed by atoms with E-state index in [1.54, 1.807) is 122 Å². The number of aldehydes is 1. The minimum atomic E-state index is -2.55. The first-order chi connectivity index (χ1) is 78.3. The molecule has 6 saturated carbocycles. The van der Waals surface area contributed by atoms with Gasteiger partial charge in [-0.05, 0) is 198 Å². The molecule has 0 aromatic carbocycles. The molecule has 6 aliphatic rings. The number of rotatable bonds is 29. The molecule has 6 fully saturated rings. The molecule has 0 spiro atoms. The third-order valence-electron chi connectivity index (χ3n) is 17.3. The molecule has 1 unspecified atom stereocenters. The van der Waals surface area contributed by atoms with Gasteiger partial charge >= 0.3 is 125 Å². The maximum atomic E-state index is 12.2. The number of hydroxylamine groups is 3. The number of halogens is 2. The van der Waals surface area contributed by atoms with E-state index in [0.717, 1.165) is 41.0 Å². The Labute approximate surface area is 1020 Å². The van der Waals surface area contributed by atoms with Crippen LogP contribution in [0.2, 0.25) is 0 Å². The molecular formula is C102H165BBr2KN15NaO22PU. The largest absolute Gasteiger partial charge is 1.00 e. The van der Waals surface area contributed by atoms with Crippen molar-refractivity contribution in [3.05, 3.63) is 85.5 Å². The van der Waals surface area contributed by atoms with Crippen LogP contribution in [0.15, 0.2) is 74.1 Å². The van der Waals surface area contributed by atoms with E-state index in [1.165, 1.54) is 58.3 Å². The van der Waals surface area contributed by atoms with Gasteiger partial charge in [0, 0.05) is 180 Å². The number of fused-ring (bicyclic) bond motifs is 2. The molecule has 6 aliphatic carbocycles. The Bertz CT molecular complexity index is 5910. The van der Waals surface area contributed by atoms with Gasteiger partial charge in [-0.2, -0.15) is 20.7 Å². The van der Waals surface area contributed by atoms with Crippen LogP contribution in [-0.2, 0) is 104 Å². The van der Waals surface area contributed by atoms with Crippen molar-refractivity contribution in [3.63, 3.8) is 0 Å². The van der Waals surface area contributed by atoms with Gasteiger partial charge in [0.05, 0.1) is 86.7 Å². The second-order valence-corrected chi connectivity index (χ2v) is 33.2. The predicted molar refractivity (Wildman–Crippen MR) is 558 cm³/mol. The Morgan fingerprint density at radius 2 is 1.14 bits per heavy atom. The number of carbonyl (C=O) groups excluding carboxylic acids is 8. The van der Waals surface area contributed by atoms with Crippen molar-refractivity contribution in [2.75, 3.05) is 91.7 Å². The van der Waals surface area contributed by atoms with E-state index in [-0.39, 0.29) is 280 Å². The number of amides is 1. The van der Waals surface area contributed by atoms with Gasteiger partial charge in [0.15, 0.2) is 18.9 Å². The number of ether oxygens (including phenoxy) is 6. The smallest absolute Gasteiger partial charge is 0.855 e. The number of nitrogens with zero attached hydrogens (tertiary/aromatic N) is 13. The number of allylic oxidation sites excluding steroid dienone is 2. The van der Waals surface area contributed by atoms with Crippen molar-refractivity contribution in [1.82, 2.24) is 59.6 Å². The first-order valence-electron chi connectivity index (χ1n) is 59.5. The van der Waals surface area contributed by atoms with Gasteiger partial charge in [-0.3, -0.25) is 66.6 Å². The molecule has 6 heterocycles. The van der Waals surface area contributed by atoms with Gasteiger partial charge in [0.25, 0.3) is 0 Å². The number of carboxylic acid groups (broad SMARTS) is 1. The summed E-state index contributed by atoms with van der Waals surface area (Å²) in [6.07, 6.45) is -5.01. The molecule has 2 radical (unpaired) electrons. The molecule has 1 amide bonds. The standard InChI is InChI=1S/C23H28N6O2.C15H17N5O2.C11H18O4.C8H15NO2.C8H11N.C6H10O3.C6H10O2.C6H10O.C4H8Br2.C4H9O.C4H10O.C2H2NO2P.C2H7NO.C2H5O.CH4.BH.K.Na.U/c1-23(2,3)22(30)31-15-28-10-9-18-20(25-14-26-21(18)28)17-11-27-29(13-17)19(12-24-4)16-7-5-6-8-16;1-15(2,3)14(21)22-9-20-5-4-11-12(10-6-18-19-7-10)16-8-17-13(11)20;1-3-14-9(12)11(7-5-6-8-11)10(13)15-4-2;1-9(11-2)8(10)7-5-3-4-6-7;9-7-3-6-8-4-1-2-5-8;1-3-9-6(8)4-5(2)7;7-6(8)5-3-1-2-4-5;7-5-6-3-1-2-4-6;5-3-1-2-4-6;1-4(2,3)5;1-3-5-4-2;3-1-2-5-6-4;1-3-4-2;1-2-3;;;;;/h9-11,13-14,16,19H,5-8,12,15H2,1-3H3;4-8H,9H2,1-3H3,(H,18,19);3-8H2,1-2H3;7H,3-6H2,1-2H3;3,6,8H,1-2,4-5H2;3-4H2,1-2H3;5H,1-4H2,(H,7,8);5-6H,1-4H2;1-4H2;1-3H3;3-4H2,1-2H3;2H2;3H,1-2H3;2H2,1H3;1H4;1H;;;/q;;;;;;;;;-1;;;;-1;;;2*+1;/i7D2,8D2;;7D2,8D2;5D2,6D2;4D2,5D2;;3*3D2,4D2;;;;;;;1D;;;. The minimum Gasteiger partial charge on any atom is -0.855 e. The number of carbonyl (C=O) groups is 9. The van der Waals surface area contributed by atoms with E-state index < -0.39 is 183 Å². The van der Waals surface area contributed by atoms with Crippen LogP contribution in [0.1, 0.15) is 335 Å². The van der Waals surface area contributed by atoms with E-state index in [0.29, 0.717) is 40.8 Å². The van der Waals surface area contributed by atoms with E-state index >= 15 is 0 Å². The third-order valence-corrected chi connectivity index (χ3v) is 18.3. The number of hydrogen-bond acceptors (Lipinski definition) is 30. The van der Waals surface area contributed by atoms with Crippen LogP contribution in [0, 0.1) is 106 Å². The fraction of sp³-hybridized carbons (Fsp3) is 0.686. The molecule has 44 heteroatoms. The van der Waals surface area contributed by atoms with Crippen LogP contribution < -0.4 is 96.6 Å². The summed E-state index contributed by atoms with van der Waals surface area (Å²) in [5, 5.41) is 54.3. The predicted octanol–water partition coefficient (Wildman–Crippen LogP) is 12.8. The van der Waals surface area contributed by atoms with Crippen molar-refractivity contribution >= 4 is 125 Å². The monoisotopic (exact) mass is 2480 g/mol. The molecule has 0 bridgehead atoms. The van der Waals surface area contributed by atoms with Gasteiger partial charge in [0.1, 0.15) is 55.1 Å². The second kappa shape index (κ2) is 92.7. The molecule has 3 N–H and O–H groups in total. The van der Waals surface area contributed by atoms with Crippen LogP contribution in [0.3, 0.4) is 0 Å². The summed E-state index contributed by atoms with van der Waals surface area (Å²) in [4.78, 5) is 131. The second-order valence-electron chi connectivity index (χ2n) is 31.6. The molecule has 0 aliphatic heterocycles. The average molecular weight is 2480 g/mol. The maximum absolute atomic E-state index is 12.2. The SMILES string of the molecule is C.CC(C)(C)C(=O)OCn1ccc2c(-c3cn[nH]c3)ncnc21.CC(C)(C)[O-].CCOC(=O)CC(C)=O.CCOCC.CC[O-].CNOC.N#CCOP=O.[2H]C([2H])(Br)CCC([2H])([2H])Br.[2H]C1([2H])CCC([2H])([2H])C1(C(=O)OCC)C(=O)OCC.[2H]C1([2H])CCC([2H])([2H])C1C(=O)N(C)OC.[2H]C1([2H])CCC([2H])([2H])C1C(=O)O.[2H]C1([2H])CCC([2H])([2H])C1C(C[N+]#[C-])n1cc(-c2ncnc3c2ccn3COC(=O)C(C)(C)C)cn1.[2H]C1([2H])CCC([2H])([2H])C1C=CC#N.[2H]C1([2H])CCC([2H])([2H])C1C=O.[2H][B].[K+].[Na+].[U]. The van der Waals surface area contributed by atoms with Crippen molar-refractivity contribution < 1.29 is 256 Å². The Balaban J connectivity index is -0.000000363.